The molecule has 2 aliphatic heterocycles. The van der Waals surface area contributed by atoms with Crippen molar-refractivity contribution in [1.82, 2.24) is 9.88 Å². The van der Waals surface area contributed by atoms with E-state index in [1.54, 1.807) is 4.90 Å². The van der Waals surface area contributed by atoms with Crippen molar-refractivity contribution in [2.75, 3.05) is 12.3 Å². The highest BCUT2D eigenvalue weighted by Gasteiger charge is 2.41. The molecule has 0 spiro atoms. The van der Waals surface area contributed by atoms with Crippen molar-refractivity contribution in [3.63, 3.8) is 0 Å². The first-order chi connectivity index (χ1) is 7.75. The van der Waals surface area contributed by atoms with Crippen LogP contribution in [-0.2, 0) is 0 Å². The Bertz CT molecular complexity index is 440. The first-order valence-electron chi connectivity index (χ1n) is 5.28. The molecule has 3 rings (SSSR count). The molecule has 2 unspecified atom stereocenters. The van der Waals surface area contributed by atoms with E-state index in [0.29, 0.717) is 11.3 Å². The van der Waals surface area contributed by atoms with Crippen LogP contribution in [0.4, 0.5) is 4.39 Å². The van der Waals surface area contributed by atoms with Gasteiger partial charge in [0.15, 0.2) is 5.82 Å². The first-order valence-corrected chi connectivity index (χ1v) is 6.32. The summed E-state index contributed by atoms with van der Waals surface area (Å²) in [5.41, 5.74) is 0.146. The predicted molar refractivity (Wildman–Crippen MR) is 59.9 cm³/mol. The third-order valence-electron chi connectivity index (χ3n) is 3.16. The minimum atomic E-state index is -0.525. The molecule has 2 atom stereocenters. The largest absolute Gasteiger partial charge is 0.334 e. The fourth-order valence-electron chi connectivity index (χ4n) is 2.35. The Morgan fingerprint density at radius 1 is 1.62 bits per heavy atom. The van der Waals surface area contributed by atoms with Gasteiger partial charge in [-0.25, -0.2) is 4.39 Å². The van der Waals surface area contributed by atoms with E-state index in [4.69, 9.17) is 0 Å². The average Bonchev–Trinajstić information content (AvgIpc) is 2.90. The maximum Gasteiger partial charge on any atom is 0.257 e. The summed E-state index contributed by atoms with van der Waals surface area (Å²) in [6.07, 6.45) is 3.61. The van der Waals surface area contributed by atoms with Gasteiger partial charge in [0, 0.05) is 29.8 Å². The van der Waals surface area contributed by atoms with Crippen LogP contribution in [0.2, 0.25) is 0 Å². The molecule has 16 heavy (non-hydrogen) atoms. The fourth-order valence-corrected chi connectivity index (χ4v) is 3.79. The minimum absolute atomic E-state index is 0.146. The van der Waals surface area contributed by atoms with Gasteiger partial charge in [-0.1, -0.05) is 0 Å². The number of fused-ring (bicyclic) bond motifs is 2. The minimum Gasteiger partial charge on any atom is -0.334 e. The summed E-state index contributed by atoms with van der Waals surface area (Å²) in [4.78, 5) is 17.6. The van der Waals surface area contributed by atoms with E-state index in [-0.39, 0.29) is 11.5 Å². The lowest BCUT2D eigenvalue weighted by Crippen LogP contribution is -2.39. The van der Waals surface area contributed by atoms with Crippen LogP contribution in [0.3, 0.4) is 0 Å². The van der Waals surface area contributed by atoms with Gasteiger partial charge in [-0.05, 0) is 12.5 Å². The molecule has 1 aromatic heterocycles. The van der Waals surface area contributed by atoms with E-state index in [0.717, 1.165) is 24.9 Å². The standard InChI is InChI=1S/C11H11FN2OS/c12-10-4-13-2-1-9(10)11(15)14-5-8-3-7(14)6-16-8/h1-2,4,7-8H,3,5-6H2. The van der Waals surface area contributed by atoms with E-state index in [9.17, 15) is 9.18 Å². The van der Waals surface area contributed by atoms with Crippen LogP contribution in [0.1, 0.15) is 16.8 Å². The molecule has 0 aromatic carbocycles. The van der Waals surface area contributed by atoms with Crippen LogP contribution in [-0.4, -0.2) is 39.4 Å². The van der Waals surface area contributed by atoms with Crippen molar-refractivity contribution in [2.45, 2.75) is 17.7 Å². The van der Waals surface area contributed by atoms with Crippen molar-refractivity contribution in [1.29, 1.82) is 0 Å². The van der Waals surface area contributed by atoms with Crippen LogP contribution >= 0.6 is 11.8 Å². The zero-order valence-electron chi connectivity index (χ0n) is 8.60. The molecule has 2 fully saturated rings. The van der Waals surface area contributed by atoms with Crippen LogP contribution in [0, 0.1) is 5.82 Å². The lowest BCUT2D eigenvalue weighted by atomic mass is 10.2. The van der Waals surface area contributed by atoms with E-state index in [1.807, 2.05) is 11.8 Å². The molecular weight excluding hydrogens is 227 g/mol. The van der Waals surface area contributed by atoms with Crippen LogP contribution in [0.15, 0.2) is 18.5 Å². The van der Waals surface area contributed by atoms with Gasteiger partial charge in [0.2, 0.25) is 0 Å². The van der Waals surface area contributed by atoms with Gasteiger partial charge >= 0.3 is 0 Å². The average molecular weight is 238 g/mol. The number of halogens is 1. The normalized spacial score (nSPS) is 27.4. The second-order valence-electron chi connectivity index (χ2n) is 4.16. The summed E-state index contributed by atoms with van der Waals surface area (Å²) in [6.45, 7) is 0.760. The van der Waals surface area contributed by atoms with Gasteiger partial charge < -0.3 is 4.90 Å². The molecule has 2 saturated heterocycles. The third kappa shape index (κ3) is 1.50. The number of pyridine rings is 1. The third-order valence-corrected chi connectivity index (χ3v) is 4.55. The number of likely N-dealkylation sites (tertiary alicyclic amines) is 1. The molecule has 2 aliphatic rings. The number of hydrogen-bond donors (Lipinski definition) is 0. The van der Waals surface area contributed by atoms with Crippen LogP contribution < -0.4 is 0 Å². The molecule has 84 valence electrons. The highest BCUT2D eigenvalue weighted by atomic mass is 32.2. The predicted octanol–water partition coefficient (Wildman–Crippen LogP) is 1.55. The molecule has 0 saturated carbocycles. The zero-order chi connectivity index (χ0) is 11.1. The Kier molecular flexibility index (Phi) is 2.35. The topological polar surface area (TPSA) is 33.2 Å². The number of carbonyl (C=O) groups excluding carboxylic acids is 1. The summed E-state index contributed by atoms with van der Waals surface area (Å²) in [5.74, 6) is 0.277. The SMILES string of the molecule is O=C(c1ccncc1F)N1CC2CC1CS2. The van der Waals surface area contributed by atoms with Crippen molar-refractivity contribution in [2.24, 2.45) is 0 Å². The van der Waals surface area contributed by atoms with Crippen molar-refractivity contribution >= 4 is 17.7 Å². The molecule has 0 aliphatic carbocycles. The van der Waals surface area contributed by atoms with Crippen molar-refractivity contribution in [3.8, 4) is 0 Å². The molecule has 0 radical (unpaired) electrons. The molecule has 2 bridgehead atoms. The number of aromatic nitrogens is 1. The van der Waals surface area contributed by atoms with Gasteiger partial charge in [0.05, 0.1) is 11.8 Å². The van der Waals surface area contributed by atoms with Gasteiger partial charge in [0.1, 0.15) is 0 Å². The molecule has 1 aromatic rings. The highest BCUT2D eigenvalue weighted by molar-refractivity contribution is 8.00. The summed E-state index contributed by atoms with van der Waals surface area (Å²) < 4.78 is 13.4. The second kappa shape index (κ2) is 3.73. The first kappa shape index (κ1) is 10.1. The van der Waals surface area contributed by atoms with E-state index in [1.165, 1.54) is 12.3 Å². The monoisotopic (exact) mass is 238 g/mol. The van der Waals surface area contributed by atoms with Gasteiger partial charge in [-0.15, -0.1) is 0 Å². The fraction of sp³-hybridized carbons (Fsp3) is 0.455. The lowest BCUT2D eigenvalue weighted by Gasteiger charge is -2.26. The Morgan fingerprint density at radius 3 is 3.12 bits per heavy atom. The number of nitrogens with zero attached hydrogens (tertiary/aromatic N) is 2. The number of carbonyl (C=O) groups is 1. The van der Waals surface area contributed by atoms with Gasteiger partial charge in [0.25, 0.3) is 5.91 Å². The zero-order valence-corrected chi connectivity index (χ0v) is 9.41. The van der Waals surface area contributed by atoms with Crippen LogP contribution in [0.5, 0.6) is 0 Å². The number of thioether (sulfide) groups is 1. The molecular formula is C11H11FN2OS. The second-order valence-corrected chi connectivity index (χ2v) is 5.49. The van der Waals surface area contributed by atoms with Gasteiger partial charge in [-0.2, -0.15) is 11.8 Å². The summed E-state index contributed by atoms with van der Waals surface area (Å²) in [6, 6.07) is 1.76. The molecule has 1 amide bonds. The Hall–Kier alpha value is -1.10. The van der Waals surface area contributed by atoms with Gasteiger partial charge in [-0.3, -0.25) is 9.78 Å². The smallest absolute Gasteiger partial charge is 0.257 e. The Balaban J connectivity index is 1.86. The number of hydrogen-bond acceptors (Lipinski definition) is 3. The van der Waals surface area contributed by atoms with E-state index >= 15 is 0 Å². The number of rotatable bonds is 1. The quantitative estimate of drug-likeness (QED) is 0.744. The maximum absolute atomic E-state index is 13.4. The van der Waals surface area contributed by atoms with E-state index < -0.39 is 5.82 Å². The number of amides is 1. The highest BCUT2D eigenvalue weighted by Crippen LogP contribution is 2.38. The van der Waals surface area contributed by atoms with Crippen molar-refractivity contribution < 1.29 is 9.18 Å². The lowest BCUT2D eigenvalue weighted by molar-refractivity contribution is 0.0742. The summed E-state index contributed by atoms with van der Waals surface area (Å²) in [7, 11) is 0. The maximum atomic E-state index is 13.4. The van der Waals surface area contributed by atoms with E-state index in [2.05, 4.69) is 4.98 Å². The molecule has 3 heterocycles. The summed E-state index contributed by atoms with van der Waals surface area (Å²) >= 11 is 1.91. The van der Waals surface area contributed by atoms with Crippen LogP contribution in [0.25, 0.3) is 0 Å². The molecule has 5 heteroatoms. The Labute approximate surface area is 97.0 Å². The summed E-state index contributed by atoms with van der Waals surface area (Å²) in [5, 5.41) is 0.554. The molecule has 3 nitrogen and oxygen atoms in total. The van der Waals surface area contributed by atoms with Crippen molar-refractivity contribution in [3.05, 3.63) is 29.8 Å². The molecule has 0 N–H and O–H groups in total. The Morgan fingerprint density at radius 2 is 2.50 bits per heavy atom.